The Hall–Kier alpha value is -3.00. The van der Waals surface area contributed by atoms with Gasteiger partial charge < -0.3 is 4.52 Å². The Bertz CT molecular complexity index is 1060. The van der Waals surface area contributed by atoms with E-state index in [1.165, 1.54) is 11.8 Å². The van der Waals surface area contributed by atoms with Gasteiger partial charge in [-0.1, -0.05) is 42.0 Å². The van der Waals surface area contributed by atoms with Crippen molar-refractivity contribution < 1.29 is 4.52 Å². The normalized spacial score (nSPS) is 11.1. The highest BCUT2D eigenvalue weighted by Crippen LogP contribution is 2.30. The lowest BCUT2D eigenvalue weighted by molar-refractivity contribution is 0.384. The van der Waals surface area contributed by atoms with Crippen LogP contribution < -0.4 is 0 Å². The van der Waals surface area contributed by atoms with Crippen LogP contribution in [0.5, 0.6) is 0 Å². The number of hydrogen-bond donors (Lipinski definition) is 0. The topological polar surface area (TPSA) is 82.5 Å². The van der Waals surface area contributed by atoms with E-state index in [9.17, 15) is 0 Å². The Morgan fingerprint density at radius 1 is 1.07 bits per heavy atom. The van der Waals surface area contributed by atoms with Crippen LogP contribution in [0.4, 0.5) is 0 Å². The van der Waals surface area contributed by atoms with Crippen LogP contribution in [0.25, 0.3) is 17.1 Å². The van der Waals surface area contributed by atoms with Gasteiger partial charge in [0.25, 0.3) is 0 Å². The molecule has 8 heteroatoms. The molecule has 0 fully saturated rings. The molecule has 4 aromatic rings. The summed E-state index contributed by atoms with van der Waals surface area (Å²) in [5.41, 5.74) is 3.14. The molecule has 0 atom stereocenters. The molecule has 4 rings (SSSR count). The molecule has 0 aliphatic carbocycles. The van der Waals surface area contributed by atoms with E-state index < -0.39 is 0 Å². The highest BCUT2D eigenvalue weighted by atomic mass is 32.2. The first-order chi connectivity index (χ1) is 13.8. The van der Waals surface area contributed by atoms with Crippen LogP contribution in [0, 0.1) is 6.92 Å². The third kappa shape index (κ3) is 3.82. The summed E-state index contributed by atoms with van der Waals surface area (Å²) in [7, 11) is 0. The molecule has 0 bridgehead atoms. The fourth-order valence-corrected chi connectivity index (χ4v) is 3.67. The predicted molar refractivity (Wildman–Crippen MR) is 107 cm³/mol. The summed E-state index contributed by atoms with van der Waals surface area (Å²) in [5, 5.41) is 13.7. The van der Waals surface area contributed by atoms with Gasteiger partial charge in [-0.05, 0) is 37.1 Å². The van der Waals surface area contributed by atoms with E-state index in [0.717, 1.165) is 46.5 Å². The van der Waals surface area contributed by atoms with Crippen LogP contribution in [0.1, 0.15) is 30.6 Å². The molecule has 7 nitrogen and oxygen atoms in total. The zero-order chi connectivity index (χ0) is 19.3. The molecule has 3 heterocycles. The third-order valence-corrected chi connectivity index (χ3v) is 5.15. The lowest BCUT2D eigenvalue weighted by Crippen LogP contribution is -2.02. The van der Waals surface area contributed by atoms with Gasteiger partial charge in [0.2, 0.25) is 5.89 Å². The van der Waals surface area contributed by atoms with Crippen molar-refractivity contribution in [3.05, 3.63) is 66.1 Å². The van der Waals surface area contributed by atoms with Crippen LogP contribution in [0.3, 0.4) is 0 Å². The highest BCUT2D eigenvalue weighted by Gasteiger charge is 2.18. The molecule has 0 aliphatic heterocycles. The van der Waals surface area contributed by atoms with Crippen molar-refractivity contribution in [2.24, 2.45) is 0 Å². The summed E-state index contributed by atoms with van der Waals surface area (Å²) >= 11 is 1.53. The van der Waals surface area contributed by atoms with Crippen molar-refractivity contribution in [1.82, 2.24) is 29.9 Å². The van der Waals surface area contributed by atoms with Gasteiger partial charge in [-0.25, -0.2) is 0 Å². The molecular weight excluding hydrogens is 372 g/mol. The minimum atomic E-state index is 0.539. The molecule has 0 saturated heterocycles. The second kappa shape index (κ2) is 8.35. The summed E-state index contributed by atoms with van der Waals surface area (Å²) in [6, 6.07) is 12.1. The SMILES string of the molecule is CCCc1noc(CSc2nnc(-c3ccncc3)n2-c2ccccc2C)n1. The zero-order valence-corrected chi connectivity index (χ0v) is 16.6. The molecule has 0 unspecified atom stereocenters. The number of pyridine rings is 1. The van der Waals surface area contributed by atoms with Gasteiger partial charge in [-0.2, -0.15) is 4.98 Å². The van der Waals surface area contributed by atoms with E-state index in [0.29, 0.717) is 11.6 Å². The lowest BCUT2D eigenvalue weighted by Gasteiger charge is -2.12. The molecule has 3 aromatic heterocycles. The summed E-state index contributed by atoms with van der Waals surface area (Å²) in [6.45, 7) is 4.17. The highest BCUT2D eigenvalue weighted by molar-refractivity contribution is 7.98. The third-order valence-electron chi connectivity index (χ3n) is 4.24. The fourth-order valence-electron chi connectivity index (χ4n) is 2.88. The van der Waals surface area contributed by atoms with Crippen molar-refractivity contribution in [2.75, 3.05) is 0 Å². The molecule has 1 aromatic carbocycles. The van der Waals surface area contributed by atoms with Crippen molar-refractivity contribution in [2.45, 2.75) is 37.6 Å². The molecule has 0 N–H and O–H groups in total. The minimum absolute atomic E-state index is 0.539. The van der Waals surface area contributed by atoms with E-state index in [-0.39, 0.29) is 0 Å². The Labute approximate surface area is 167 Å². The number of aryl methyl sites for hydroxylation is 2. The van der Waals surface area contributed by atoms with Gasteiger partial charge in [0.1, 0.15) is 0 Å². The van der Waals surface area contributed by atoms with E-state index in [1.807, 2.05) is 24.3 Å². The first kappa shape index (κ1) is 18.4. The maximum Gasteiger partial charge on any atom is 0.237 e. The molecular formula is C20H20N6OS. The Kier molecular flexibility index (Phi) is 5.48. The molecule has 0 aliphatic rings. The second-order valence-corrected chi connectivity index (χ2v) is 7.25. The first-order valence-electron chi connectivity index (χ1n) is 9.12. The van der Waals surface area contributed by atoms with E-state index in [4.69, 9.17) is 4.52 Å². The van der Waals surface area contributed by atoms with Crippen molar-refractivity contribution >= 4 is 11.8 Å². The van der Waals surface area contributed by atoms with Crippen molar-refractivity contribution in [3.8, 4) is 17.1 Å². The first-order valence-corrected chi connectivity index (χ1v) is 10.1. The van der Waals surface area contributed by atoms with Crippen LogP contribution in [0.15, 0.2) is 58.5 Å². The van der Waals surface area contributed by atoms with E-state index >= 15 is 0 Å². The Balaban J connectivity index is 1.69. The van der Waals surface area contributed by atoms with Crippen LogP contribution in [-0.4, -0.2) is 29.9 Å². The van der Waals surface area contributed by atoms with Gasteiger partial charge in [0.15, 0.2) is 16.8 Å². The number of thioether (sulfide) groups is 1. The average Bonchev–Trinajstić information content (AvgIpc) is 3.34. The number of rotatable bonds is 7. The average molecular weight is 392 g/mol. The van der Waals surface area contributed by atoms with Crippen molar-refractivity contribution in [3.63, 3.8) is 0 Å². The standard InChI is InChI=1S/C20H20N6OS/c1-3-6-17-22-18(27-25-17)13-28-20-24-23-19(15-9-11-21-12-10-15)26(20)16-8-5-4-7-14(16)2/h4-5,7-12H,3,6,13H2,1-2H3. The van der Waals surface area contributed by atoms with Crippen molar-refractivity contribution in [1.29, 1.82) is 0 Å². The van der Waals surface area contributed by atoms with E-state index in [1.54, 1.807) is 12.4 Å². The predicted octanol–water partition coefficient (Wildman–Crippen LogP) is 4.27. The molecule has 0 amide bonds. The molecule has 28 heavy (non-hydrogen) atoms. The smallest absolute Gasteiger partial charge is 0.237 e. The maximum atomic E-state index is 5.35. The van der Waals surface area contributed by atoms with Gasteiger partial charge in [0.05, 0.1) is 11.4 Å². The number of hydrogen-bond acceptors (Lipinski definition) is 7. The van der Waals surface area contributed by atoms with Crippen LogP contribution in [-0.2, 0) is 12.2 Å². The number of para-hydroxylation sites is 1. The summed E-state index contributed by atoms with van der Waals surface area (Å²) < 4.78 is 7.42. The van der Waals surface area contributed by atoms with Gasteiger partial charge >= 0.3 is 0 Å². The number of benzene rings is 1. The lowest BCUT2D eigenvalue weighted by atomic mass is 10.2. The quantitative estimate of drug-likeness (QED) is 0.434. The fraction of sp³-hybridized carbons (Fsp3) is 0.250. The van der Waals surface area contributed by atoms with Crippen LogP contribution in [0.2, 0.25) is 0 Å². The zero-order valence-electron chi connectivity index (χ0n) is 15.7. The Morgan fingerprint density at radius 2 is 1.89 bits per heavy atom. The van der Waals surface area contributed by atoms with Gasteiger partial charge in [-0.3, -0.25) is 9.55 Å². The summed E-state index contributed by atoms with van der Waals surface area (Å²) in [5.74, 6) is 2.66. The largest absolute Gasteiger partial charge is 0.338 e. The van der Waals surface area contributed by atoms with E-state index in [2.05, 4.69) is 55.9 Å². The number of aromatic nitrogens is 6. The van der Waals surface area contributed by atoms with Gasteiger partial charge in [0, 0.05) is 24.4 Å². The molecule has 142 valence electrons. The summed E-state index contributed by atoms with van der Waals surface area (Å²) in [6.07, 6.45) is 5.32. The minimum Gasteiger partial charge on any atom is -0.338 e. The molecule has 0 spiro atoms. The van der Waals surface area contributed by atoms with Crippen LogP contribution >= 0.6 is 11.8 Å². The maximum absolute atomic E-state index is 5.35. The van der Waals surface area contributed by atoms with Gasteiger partial charge in [-0.15, -0.1) is 10.2 Å². The monoisotopic (exact) mass is 392 g/mol. The Morgan fingerprint density at radius 3 is 2.68 bits per heavy atom. The second-order valence-electron chi connectivity index (χ2n) is 6.31. The molecule has 0 radical (unpaired) electrons. The summed E-state index contributed by atoms with van der Waals surface area (Å²) in [4.78, 5) is 8.54. The number of nitrogens with zero attached hydrogens (tertiary/aromatic N) is 6. The molecule has 0 saturated carbocycles.